The predicted octanol–water partition coefficient (Wildman–Crippen LogP) is 3.59. The van der Waals surface area contributed by atoms with Gasteiger partial charge in [-0.1, -0.05) is 37.4 Å². The number of halogens is 1. The van der Waals surface area contributed by atoms with E-state index in [2.05, 4.69) is 12.2 Å². The van der Waals surface area contributed by atoms with Gasteiger partial charge < -0.3 is 10.1 Å². The molecule has 1 aliphatic rings. The first kappa shape index (κ1) is 15.2. The molecule has 1 aromatic carbocycles. The number of benzene rings is 1. The molecular formula is C16H22ClNO2. The summed E-state index contributed by atoms with van der Waals surface area (Å²) >= 11 is 6.16. The molecule has 0 radical (unpaired) electrons. The third-order valence-electron chi connectivity index (χ3n) is 3.91. The van der Waals surface area contributed by atoms with Crippen molar-refractivity contribution in [2.24, 2.45) is 5.92 Å². The van der Waals surface area contributed by atoms with E-state index >= 15 is 0 Å². The minimum absolute atomic E-state index is 0.0520. The lowest BCUT2D eigenvalue weighted by Crippen LogP contribution is -2.38. The smallest absolute Gasteiger partial charge is 0.224 e. The van der Waals surface area contributed by atoms with Crippen molar-refractivity contribution in [1.82, 2.24) is 5.32 Å². The van der Waals surface area contributed by atoms with Crippen molar-refractivity contribution in [2.75, 3.05) is 7.11 Å². The van der Waals surface area contributed by atoms with Gasteiger partial charge in [0, 0.05) is 11.1 Å². The molecule has 0 heterocycles. The average molecular weight is 296 g/mol. The second-order valence-electron chi connectivity index (χ2n) is 5.67. The van der Waals surface area contributed by atoms with Gasteiger partial charge in [-0.3, -0.25) is 4.79 Å². The minimum Gasteiger partial charge on any atom is -0.497 e. The van der Waals surface area contributed by atoms with E-state index in [-0.39, 0.29) is 5.91 Å². The van der Waals surface area contributed by atoms with E-state index in [0.717, 1.165) is 18.4 Å². The van der Waals surface area contributed by atoms with Gasteiger partial charge in [0.2, 0.25) is 5.91 Å². The predicted molar refractivity (Wildman–Crippen MR) is 81.3 cm³/mol. The molecule has 1 amide bonds. The normalized spacial score (nSPS) is 22.4. The molecule has 2 atom stereocenters. The SMILES string of the molecule is COc1ccc(CC(=O)NC2CCCC(C)C2)c(Cl)c1. The van der Waals surface area contributed by atoms with Gasteiger partial charge in [0.15, 0.2) is 0 Å². The van der Waals surface area contributed by atoms with Gasteiger partial charge >= 0.3 is 0 Å². The molecule has 0 aromatic heterocycles. The number of carbonyl (C=O) groups is 1. The van der Waals surface area contributed by atoms with Gasteiger partial charge in [-0.25, -0.2) is 0 Å². The van der Waals surface area contributed by atoms with E-state index in [1.807, 2.05) is 12.1 Å². The molecule has 1 N–H and O–H groups in total. The second-order valence-corrected chi connectivity index (χ2v) is 6.08. The highest BCUT2D eigenvalue weighted by Gasteiger charge is 2.20. The maximum Gasteiger partial charge on any atom is 0.224 e. The van der Waals surface area contributed by atoms with E-state index in [4.69, 9.17) is 16.3 Å². The quantitative estimate of drug-likeness (QED) is 0.922. The first-order chi connectivity index (χ1) is 9.58. The van der Waals surface area contributed by atoms with Crippen LogP contribution in [0.4, 0.5) is 0 Å². The number of amides is 1. The van der Waals surface area contributed by atoms with Crippen molar-refractivity contribution in [3.05, 3.63) is 28.8 Å². The molecule has 3 nitrogen and oxygen atoms in total. The molecular weight excluding hydrogens is 274 g/mol. The molecule has 2 rings (SSSR count). The van der Waals surface area contributed by atoms with Crippen LogP contribution in [0.15, 0.2) is 18.2 Å². The average Bonchev–Trinajstić information content (AvgIpc) is 2.41. The first-order valence-corrected chi connectivity index (χ1v) is 7.58. The van der Waals surface area contributed by atoms with Crippen LogP contribution in [0.3, 0.4) is 0 Å². The second kappa shape index (κ2) is 6.98. The summed E-state index contributed by atoms with van der Waals surface area (Å²) in [7, 11) is 1.60. The summed E-state index contributed by atoms with van der Waals surface area (Å²) in [6.45, 7) is 2.25. The van der Waals surface area contributed by atoms with Crippen molar-refractivity contribution < 1.29 is 9.53 Å². The van der Waals surface area contributed by atoms with E-state index in [0.29, 0.717) is 29.2 Å². The third kappa shape index (κ3) is 4.14. The van der Waals surface area contributed by atoms with Crippen LogP contribution in [0.1, 0.15) is 38.2 Å². The number of rotatable bonds is 4. The molecule has 0 bridgehead atoms. The topological polar surface area (TPSA) is 38.3 Å². The zero-order valence-electron chi connectivity index (χ0n) is 12.1. The molecule has 1 fully saturated rings. The van der Waals surface area contributed by atoms with E-state index < -0.39 is 0 Å². The van der Waals surface area contributed by atoms with Crippen molar-refractivity contribution in [3.8, 4) is 5.75 Å². The summed E-state index contributed by atoms with van der Waals surface area (Å²) in [4.78, 5) is 12.1. The molecule has 0 aliphatic heterocycles. The summed E-state index contributed by atoms with van der Waals surface area (Å²) in [5.74, 6) is 1.47. The monoisotopic (exact) mass is 295 g/mol. The molecule has 1 aliphatic carbocycles. The van der Waals surface area contributed by atoms with E-state index in [9.17, 15) is 4.79 Å². The molecule has 20 heavy (non-hydrogen) atoms. The summed E-state index contributed by atoms with van der Waals surface area (Å²) < 4.78 is 5.10. The largest absolute Gasteiger partial charge is 0.497 e. The fourth-order valence-corrected chi connectivity index (χ4v) is 3.05. The van der Waals surface area contributed by atoms with Crippen LogP contribution in [0.25, 0.3) is 0 Å². The number of nitrogens with one attached hydrogen (secondary N) is 1. The van der Waals surface area contributed by atoms with Crippen LogP contribution in [0.2, 0.25) is 5.02 Å². The molecule has 2 unspecified atom stereocenters. The highest BCUT2D eigenvalue weighted by atomic mass is 35.5. The van der Waals surface area contributed by atoms with Crippen molar-refractivity contribution in [2.45, 2.75) is 45.1 Å². The Bertz CT molecular complexity index is 476. The zero-order chi connectivity index (χ0) is 14.5. The Balaban J connectivity index is 1.91. The number of methoxy groups -OCH3 is 1. The first-order valence-electron chi connectivity index (χ1n) is 7.20. The Morgan fingerprint density at radius 2 is 2.25 bits per heavy atom. The number of hydrogen-bond donors (Lipinski definition) is 1. The fraction of sp³-hybridized carbons (Fsp3) is 0.562. The van der Waals surface area contributed by atoms with Gasteiger partial charge in [-0.2, -0.15) is 0 Å². The van der Waals surface area contributed by atoms with Crippen LogP contribution < -0.4 is 10.1 Å². The molecule has 1 saturated carbocycles. The summed E-state index contributed by atoms with van der Waals surface area (Å²) in [6, 6.07) is 5.75. The van der Waals surface area contributed by atoms with Crippen LogP contribution >= 0.6 is 11.6 Å². The Morgan fingerprint density at radius 3 is 2.90 bits per heavy atom. The Labute approximate surface area is 125 Å². The zero-order valence-corrected chi connectivity index (χ0v) is 12.9. The minimum atomic E-state index is 0.0520. The molecule has 0 saturated heterocycles. The highest BCUT2D eigenvalue weighted by molar-refractivity contribution is 6.31. The van der Waals surface area contributed by atoms with Crippen molar-refractivity contribution >= 4 is 17.5 Å². The van der Waals surface area contributed by atoms with Gasteiger partial charge in [-0.05, 0) is 36.5 Å². The molecule has 1 aromatic rings. The molecule has 110 valence electrons. The van der Waals surface area contributed by atoms with Gasteiger partial charge in [0.05, 0.1) is 13.5 Å². The van der Waals surface area contributed by atoms with Crippen LogP contribution in [-0.4, -0.2) is 19.1 Å². The summed E-state index contributed by atoms with van der Waals surface area (Å²) in [6.07, 6.45) is 4.98. The van der Waals surface area contributed by atoms with Crippen molar-refractivity contribution in [3.63, 3.8) is 0 Å². The van der Waals surface area contributed by atoms with Crippen LogP contribution in [-0.2, 0) is 11.2 Å². The molecule has 4 heteroatoms. The summed E-state index contributed by atoms with van der Waals surface area (Å²) in [5, 5.41) is 3.70. The maximum absolute atomic E-state index is 12.1. The van der Waals surface area contributed by atoms with Crippen LogP contribution in [0.5, 0.6) is 5.75 Å². The third-order valence-corrected chi connectivity index (χ3v) is 4.26. The highest BCUT2D eigenvalue weighted by Crippen LogP contribution is 2.25. The Hall–Kier alpha value is -1.22. The van der Waals surface area contributed by atoms with Gasteiger partial charge in [-0.15, -0.1) is 0 Å². The van der Waals surface area contributed by atoms with E-state index in [1.165, 1.54) is 12.8 Å². The van der Waals surface area contributed by atoms with Gasteiger partial charge in [0.1, 0.15) is 5.75 Å². The summed E-state index contributed by atoms with van der Waals surface area (Å²) in [5.41, 5.74) is 0.842. The van der Waals surface area contributed by atoms with Crippen LogP contribution in [0, 0.1) is 5.92 Å². The fourth-order valence-electron chi connectivity index (χ4n) is 2.82. The number of ether oxygens (including phenoxy) is 1. The Kier molecular flexibility index (Phi) is 5.30. The number of hydrogen-bond acceptors (Lipinski definition) is 2. The lowest BCUT2D eigenvalue weighted by atomic mass is 9.87. The van der Waals surface area contributed by atoms with E-state index in [1.54, 1.807) is 13.2 Å². The standard InChI is InChI=1S/C16H22ClNO2/c1-11-4-3-5-13(8-11)18-16(19)9-12-6-7-14(20-2)10-15(12)17/h6-7,10-11,13H,3-5,8-9H2,1-2H3,(H,18,19). The Morgan fingerprint density at radius 1 is 1.45 bits per heavy atom. The molecule has 0 spiro atoms. The van der Waals surface area contributed by atoms with Crippen molar-refractivity contribution in [1.29, 1.82) is 0 Å². The maximum atomic E-state index is 12.1. The lowest BCUT2D eigenvalue weighted by molar-refractivity contribution is -0.121. The lowest BCUT2D eigenvalue weighted by Gasteiger charge is -2.27. The van der Waals surface area contributed by atoms with Gasteiger partial charge in [0.25, 0.3) is 0 Å². The number of carbonyl (C=O) groups excluding carboxylic acids is 1.